The van der Waals surface area contributed by atoms with E-state index in [2.05, 4.69) is 82.1 Å². The molecule has 0 aliphatic carbocycles. The van der Waals surface area contributed by atoms with E-state index in [4.69, 9.17) is 0 Å². The summed E-state index contributed by atoms with van der Waals surface area (Å²) in [5.41, 5.74) is 6.02. The van der Waals surface area contributed by atoms with Gasteiger partial charge in [0.05, 0.1) is 17.1 Å². The Bertz CT molecular complexity index is 2050. The van der Waals surface area contributed by atoms with Crippen LogP contribution in [0, 0.1) is 44.6 Å². The topological polar surface area (TPSA) is 54.5 Å². The van der Waals surface area contributed by atoms with Crippen molar-refractivity contribution in [2.24, 2.45) is 10.8 Å². The third kappa shape index (κ3) is 9.04. The second-order valence-corrected chi connectivity index (χ2v) is 14.4. The number of benzene rings is 4. The van der Waals surface area contributed by atoms with Crippen LogP contribution in [0.3, 0.4) is 0 Å². The Hall–Kier alpha value is -3.80. The zero-order chi connectivity index (χ0) is 37.9. The summed E-state index contributed by atoms with van der Waals surface area (Å²) < 4.78 is 39.7. The summed E-state index contributed by atoms with van der Waals surface area (Å²) in [5, 5.41) is 14.4. The summed E-state index contributed by atoms with van der Waals surface area (Å²) in [6, 6.07) is 22.3. The first-order valence-electron chi connectivity index (χ1n) is 17.9. The summed E-state index contributed by atoms with van der Waals surface area (Å²) in [6.07, 6.45) is 2.51. The van der Waals surface area contributed by atoms with Crippen LogP contribution >= 0.6 is 0 Å². The van der Waals surface area contributed by atoms with Gasteiger partial charge in [0.2, 0.25) is 0 Å². The molecule has 1 heterocycles. The molecule has 5 rings (SSSR count). The number of aromatic nitrogens is 1. The second-order valence-electron chi connectivity index (χ2n) is 14.4. The van der Waals surface area contributed by atoms with Crippen LogP contribution < -0.4 is 0 Å². The number of hydrogen-bond acceptors (Lipinski definition) is 2. The molecule has 0 spiro atoms. The Morgan fingerprint density at radius 2 is 1.35 bits per heavy atom. The number of aryl methyl sites for hydroxylation is 4. The van der Waals surface area contributed by atoms with Gasteiger partial charge in [-0.1, -0.05) is 72.7 Å². The van der Waals surface area contributed by atoms with Crippen LogP contribution in [0.15, 0.2) is 78.7 Å². The van der Waals surface area contributed by atoms with Gasteiger partial charge in [-0.05, 0) is 120 Å². The maximum atomic E-state index is 13.2. The number of allylic oxidation sites excluding steroid dienone is 2. The smallest absolute Gasteiger partial charge is 0.416 e. The van der Waals surface area contributed by atoms with Gasteiger partial charge in [0.25, 0.3) is 0 Å². The molecule has 0 fully saturated rings. The number of pyridine rings is 1. The predicted octanol–water partition coefficient (Wildman–Crippen LogP) is 13.4. The van der Waals surface area contributed by atoms with Gasteiger partial charge in [0, 0.05) is 31.7 Å². The van der Waals surface area contributed by atoms with Crippen molar-refractivity contribution in [2.45, 2.75) is 101 Å². The number of alkyl halides is 3. The maximum Gasteiger partial charge on any atom is 0.416 e. The molecule has 0 aliphatic rings. The van der Waals surface area contributed by atoms with Gasteiger partial charge in [-0.3, -0.25) is 4.79 Å². The minimum Gasteiger partial charge on any atom is -0.511 e. The Balaban J connectivity index is 0.000000347. The van der Waals surface area contributed by atoms with Gasteiger partial charge in [-0.25, -0.2) is 0 Å². The minimum atomic E-state index is -4.35. The van der Waals surface area contributed by atoms with E-state index in [1.807, 2.05) is 39.1 Å². The molecule has 1 aromatic heterocycles. The molecular formula is C45H52F3IrNO2. The van der Waals surface area contributed by atoms with Crippen LogP contribution in [-0.2, 0) is 26.3 Å². The molecular weight excluding hydrogens is 836 g/mol. The first-order valence-corrected chi connectivity index (χ1v) is 17.9. The van der Waals surface area contributed by atoms with Gasteiger partial charge in [0.15, 0.2) is 0 Å². The fourth-order valence-electron chi connectivity index (χ4n) is 6.67. The third-order valence-corrected chi connectivity index (χ3v) is 10.9. The van der Waals surface area contributed by atoms with Gasteiger partial charge < -0.3 is 10.1 Å². The number of ketones is 1. The van der Waals surface area contributed by atoms with Crippen LogP contribution in [-0.4, -0.2) is 20.7 Å². The van der Waals surface area contributed by atoms with Crippen molar-refractivity contribution in [1.82, 2.24) is 4.98 Å². The molecule has 52 heavy (non-hydrogen) atoms. The van der Waals surface area contributed by atoms with E-state index in [0.717, 1.165) is 80.7 Å². The number of hydrogen-bond donors (Lipinski definition) is 1. The standard InChI is InChI=1S/C30H23F3N.C15H28O2.Ir/c1-17-11-18(2)13-23(12-17)29-27-8-5-21-16-22(6-7-25(21)26(27)9-10-34-29)28-19(3)14-24(15-20(28)4)30(31,32)33;1-7-14(5,8-2)12(16)11-13(17)15(6,9-3)10-4;/h5-12,14-16H,1-4H3;11,16H,7-10H2,1-6H3;/q-1;;/p+1/b;12-11-;. The largest absolute Gasteiger partial charge is 0.511 e. The van der Waals surface area contributed by atoms with Crippen LogP contribution in [0.4, 0.5) is 13.2 Å². The molecule has 279 valence electrons. The zero-order valence-corrected chi connectivity index (χ0v) is 34.5. The zero-order valence-electron chi connectivity index (χ0n) is 32.1. The molecule has 4 aromatic carbocycles. The Morgan fingerprint density at radius 1 is 0.769 bits per heavy atom. The summed E-state index contributed by atoms with van der Waals surface area (Å²) in [6.45, 7) is 19.9. The number of aliphatic hydroxyl groups excluding tert-OH is 1. The Kier molecular flexibility index (Phi) is 13.9. The molecule has 0 aliphatic heterocycles. The van der Waals surface area contributed by atoms with Crippen molar-refractivity contribution in [1.29, 1.82) is 0 Å². The van der Waals surface area contributed by atoms with E-state index in [1.165, 1.54) is 12.1 Å². The van der Waals surface area contributed by atoms with Gasteiger partial charge in [-0.2, -0.15) is 13.2 Å². The molecule has 0 saturated heterocycles. The normalized spacial score (nSPS) is 12.4. The van der Waals surface area contributed by atoms with Crippen LogP contribution in [0.1, 0.15) is 95.0 Å². The average molecular weight is 888 g/mol. The third-order valence-electron chi connectivity index (χ3n) is 10.9. The molecule has 3 nitrogen and oxygen atoms in total. The Labute approximate surface area is 321 Å². The van der Waals surface area contributed by atoms with E-state index < -0.39 is 11.7 Å². The molecule has 1 radical (unpaired) electrons. The van der Waals surface area contributed by atoms with E-state index in [0.29, 0.717) is 22.7 Å². The molecule has 0 atom stereocenters. The Morgan fingerprint density at radius 3 is 1.88 bits per heavy atom. The van der Waals surface area contributed by atoms with Crippen molar-refractivity contribution >= 4 is 27.3 Å². The molecule has 2 N–H and O–H groups in total. The number of aliphatic hydroxyl groups is 1. The first kappa shape index (κ1) is 42.6. The summed E-state index contributed by atoms with van der Waals surface area (Å²) in [7, 11) is 0. The van der Waals surface area contributed by atoms with Crippen molar-refractivity contribution < 1.29 is 43.2 Å². The first-order chi connectivity index (χ1) is 23.9. The number of rotatable bonds is 9. The van der Waals surface area contributed by atoms with Crippen molar-refractivity contribution in [2.75, 3.05) is 0 Å². The van der Waals surface area contributed by atoms with E-state index in [1.54, 1.807) is 19.9 Å². The molecule has 5 aromatic rings. The second kappa shape index (κ2) is 16.9. The molecule has 0 saturated carbocycles. The molecule has 0 amide bonds. The number of nitrogens with zero attached hydrogens (tertiary/aromatic N) is 1. The van der Waals surface area contributed by atoms with Crippen molar-refractivity contribution in [3.05, 3.63) is 113 Å². The van der Waals surface area contributed by atoms with Gasteiger partial charge in [-0.15, -0.1) is 34.9 Å². The number of carbonyl (C=O) groups excluding carboxylic acids is 1. The number of halogens is 3. The maximum absolute atomic E-state index is 13.2. The van der Waals surface area contributed by atoms with Crippen LogP contribution in [0.25, 0.3) is 43.9 Å². The average Bonchev–Trinajstić information content (AvgIpc) is 3.09. The summed E-state index contributed by atoms with van der Waals surface area (Å²) in [5.74, 6) is 0.598. The van der Waals surface area contributed by atoms with E-state index >= 15 is 0 Å². The fourth-order valence-corrected chi connectivity index (χ4v) is 6.67. The van der Waals surface area contributed by atoms with Crippen molar-refractivity contribution in [3.63, 3.8) is 0 Å². The van der Waals surface area contributed by atoms with Gasteiger partial charge >= 0.3 is 12.0 Å². The van der Waals surface area contributed by atoms with E-state index in [9.17, 15) is 23.1 Å². The van der Waals surface area contributed by atoms with Crippen molar-refractivity contribution in [3.8, 4) is 22.4 Å². The monoisotopic (exact) mass is 888 g/mol. The van der Waals surface area contributed by atoms with Gasteiger partial charge in [0.1, 0.15) is 5.76 Å². The SMILES string of the molecule is CCC(C)(CC)C(=[OH+])/C=C(\O)C(C)(CC)CC.Cc1[c-]c(-c2nccc3c2ccc2cc(-c4c(C)cc(C(F)(F)F)cc4C)ccc23)cc(C)c1.[Ir]. The molecule has 7 heteroatoms. The quantitative estimate of drug-likeness (QED) is 0.0527. The number of fused-ring (bicyclic) bond motifs is 3. The summed E-state index contributed by atoms with van der Waals surface area (Å²) in [4.78, 5) is 14.8. The predicted molar refractivity (Wildman–Crippen MR) is 208 cm³/mol. The van der Waals surface area contributed by atoms with E-state index in [-0.39, 0.29) is 30.9 Å². The minimum absolute atomic E-state index is 0. The molecule has 0 unspecified atom stereocenters. The summed E-state index contributed by atoms with van der Waals surface area (Å²) >= 11 is 0. The van der Waals surface area contributed by atoms with Crippen LogP contribution in [0.2, 0.25) is 0 Å². The molecule has 0 bridgehead atoms. The fraction of sp³-hybridized carbons (Fsp3) is 0.378. The van der Waals surface area contributed by atoms with Crippen LogP contribution in [0.5, 0.6) is 0 Å².